The molecule has 3 aromatic carbocycles. The minimum atomic E-state index is -1.04. The van der Waals surface area contributed by atoms with E-state index in [1.807, 2.05) is 53.4 Å². The number of nitrogens with zero attached hydrogens (tertiary/aromatic N) is 3. The van der Waals surface area contributed by atoms with Crippen molar-refractivity contribution in [3.05, 3.63) is 94.5 Å². The number of rotatable bonds is 6. The van der Waals surface area contributed by atoms with Crippen molar-refractivity contribution in [1.29, 1.82) is 0 Å². The fourth-order valence-corrected chi connectivity index (χ4v) is 5.33. The molecule has 0 aliphatic carbocycles. The van der Waals surface area contributed by atoms with Gasteiger partial charge in [0.05, 0.1) is 29.1 Å². The van der Waals surface area contributed by atoms with Crippen LogP contribution in [0.3, 0.4) is 0 Å². The smallest absolute Gasteiger partial charge is 0.335 e. The first kappa shape index (κ1) is 24.8. The first-order valence-corrected chi connectivity index (χ1v) is 13.0. The molecule has 1 amide bonds. The van der Waals surface area contributed by atoms with Crippen LogP contribution in [-0.4, -0.2) is 75.3 Å². The number of carbonyl (C=O) groups is 2. The van der Waals surface area contributed by atoms with Crippen LogP contribution in [0, 0.1) is 0 Å². The second kappa shape index (κ2) is 10.4. The van der Waals surface area contributed by atoms with Gasteiger partial charge in [-0.05, 0) is 35.4 Å². The van der Waals surface area contributed by atoms with Gasteiger partial charge in [0.15, 0.2) is 5.88 Å². The van der Waals surface area contributed by atoms with Gasteiger partial charge in [0.1, 0.15) is 0 Å². The van der Waals surface area contributed by atoms with E-state index in [4.69, 9.17) is 4.99 Å². The summed E-state index contributed by atoms with van der Waals surface area (Å²) in [5, 5.41) is 24.3. The summed E-state index contributed by atoms with van der Waals surface area (Å²) in [6.07, 6.45) is 0. The van der Waals surface area contributed by atoms with Gasteiger partial charge in [0, 0.05) is 55.7 Å². The third kappa shape index (κ3) is 5.01. The Kier molecular flexibility index (Phi) is 6.60. The molecule has 9 nitrogen and oxygen atoms in total. The van der Waals surface area contributed by atoms with Crippen LogP contribution in [0.2, 0.25) is 0 Å². The van der Waals surface area contributed by atoms with E-state index >= 15 is 0 Å². The highest BCUT2D eigenvalue weighted by Crippen LogP contribution is 2.33. The average molecular weight is 524 g/mol. The molecule has 2 aliphatic heterocycles. The van der Waals surface area contributed by atoms with Crippen molar-refractivity contribution in [3.63, 3.8) is 0 Å². The second-order valence-electron chi connectivity index (χ2n) is 9.97. The molecule has 39 heavy (non-hydrogen) atoms. The number of aromatic nitrogens is 1. The monoisotopic (exact) mass is 523 g/mol. The van der Waals surface area contributed by atoms with Gasteiger partial charge in [-0.1, -0.05) is 42.5 Å². The number of carboxylic acid groups (broad SMARTS) is 1. The second-order valence-corrected chi connectivity index (χ2v) is 9.97. The van der Waals surface area contributed by atoms with Crippen LogP contribution in [-0.2, 0) is 17.9 Å². The first-order valence-electron chi connectivity index (χ1n) is 13.0. The van der Waals surface area contributed by atoms with Gasteiger partial charge in [-0.25, -0.2) is 9.79 Å². The van der Waals surface area contributed by atoms with Crippen LogP contribution >= 0.6 is 0 Å². The maximum Gasteiger partial charge on any atom is 0.335 e. The molecule has 0 atom stereocenters. The summed E-state index contributed by atoms with van der Waals surface area (Å²) in [7, 11) is 0. The number of nitrogens with one attached hydrogen (secondary N) is 2. The van der Waals surface area contributed by atoms with Gasteiger partial charge in [-0.2, -0.15) is 0 Å². The van der Waals surface area contributed by atoms with Crippen LogP contribution in [0.25, 0.3) is 10.9 Å². The lowest BCUT2D eigenvalue weighted by atomic mass is 10.00. The number of piperazine rings is 1. The molecular weight excluding hydrogens is 494 g/mol. The quantitative estimate of drug-likeness (QED) is 0.287. The van der Waals surface area contributed by atoms with Crippen LogP contribution in [0.15, 0.2) is 71.7 Å². The van der Waals surface area contributed by atoms with E-state index in [0.29, 0.717) is 47.5 Å². The van der Waals surface area contributed by atoms with E-state index in [-0.39, 0.29) is 17.4 Å². The molecule has 1 saturated heterocycles. The van der Waals surface area contributed by atoms with Crippen molar-refractivity contribution in [2.45, 2.75) is 13.1 Å². The molecule has 0 saturated carbocycles. The zero-order valence-corrected chi connectivity index (χ0v) is 21.4. The highest BCUT2D eigenvalue weighted by molar-refractivity contribution is 6.22. The predicted molar refractivity (Wildman–Crippen MR) is 149 cm³/mol. The van der Waals surface area contributed by atoms with Gasteiger partial charge in [-0.3, -0.25) is 9.69 Å². The number of hydrogen-bond acceptors (Lipinski definition) is 6. The molecule has 2 aliphatic rings. The summed E-state index contributed by atoms with van der Waals surface area (Å²) in [6, 6.07) is 20.2. The average Bonchev–Trinajstić information content (AvgIpc) is 3.52. The van der Waals surface area contributed by atoms with Gasteiger partial charge < -0.3 is 25.4 Å². The number of amides is 1. The SMILES string of the molecule is O=C(O)c1ccc2c(C(=Nc3ccc4c(c3)CN(C(=O)CN3CCNCC3)C4)c3ccccc3)c(O)[nH]c2c1. The van der Waals surface area contributed by atoms with Crippen molar-refractivity contribution in [2.24, 2.45) is 4.99 Å². The van der Waals surface area contributed by atoms with E-state index in [0.717, 1.165) is 42.9 Å². The topological polar surface area (TPSA) is 121 Å². The molecular formula is C30H29N5O4. The Morgan fingerprint density at radius 3 is 2.44 bits per heavy atom. The number of carboxylic acids is 1. The molecule has 198 valence electrons. The molecule has 4 aromatic rings. The highest BCUT2D eigenvalue weighted by atomic mass is 16.4. The molecule has 0 radical (unpaired) electrons. The number of fused-ring (bicyclic) bond motifs is 2. The van der Waals surface area contributed by atoms with Crippen molar-refractivity contribution < 1.29 is 19.8 Å². The first-order chi connectivity index (χ1) is 19.0. The molecule has 6 rings (SSSR count). The summed E-state index contributed by atoms with van der Waals surface area (Å²) in [5.41, 5.74) is 5.39. The Morgan fingerprint density at radius 2 is 1.67 bits per heavy atom. The zero-order valence-electron chi connectivity index (χ0n) is 21.4. The minimum Gasteiger partial charge on any atom is -0.494 e. The Morgan fingerprint density at radius 1 is 0.897 bits per heavy atom. The normalized spacial score (nSPS) is 16.0. The summed E-state index contributed by atoms with van der Waals surface area (Å²) in [6.45, 7) is 5.14. The molecule has 1 fully saturated rings. The van der Waals surface area contributed by atoms with Gasteiger partial charge in [0.25, 0.3) is 0 Å². The summed E-state index contributed by atoms with van der Waals surface area (Å²) < 4.78 is 0. The fraction of sp³-hybridized carbons (Fsp3) is 0.233. The number of aromatic carboxylic acids is 1. The fourth-order valence-electron chi connectivity index (χ4n) is 5.33. The number of H-pyrrole nitrogens is 1. The van der Waals surface area contributed by atoms with E-state index in [1.165, 1.54) is 12.1 Å². The summed E-state index contributed by atoms with van der Waals surface area (Å²) in [5.74, 6) is -0.989. The molecule has 1 aromatic heterocycles. The van der Waals surface area contributed by atoms with Crippen molar-refractivity contribution in [1.82, 2.24) is 20.1 Å². The van der Waals surface area contributed by atoms with Crippen LogP contribution in [0.4, 0.5) is 5.69 Å². The largest absolute Gasteiger partial charge is 0.494 e. The maximum atomic E-state index is 13.0. The molecule has 3 heterocycles. The summed E-state index contributed by atoms with van der Waals surface area (Å²) >= 11 is 0. The van der Waals surface area contributed by atoms with Crippen LogP contribution < -0.4 is 5.32 Å². The lowest BCUT2D eigenvalue weighted by molar-refractivity contribution is -0.133. The number of hydrogen-bond donors (Lipinski definition) is 4. The van der Waals surface area contributed by atoms with Crippen molar-refractivity contribution in [3.8, 4) is 5.88 Å². The van der Waals surface area contributed by atoms with Gasteiger partial charge in [0.2, 0.25) is 5.91 Å². The lowest BCUT2D eigenvalue weighted by Crippen LogP contribution is -2.47. The van der Waals surface area contributed by atoms with Gasteiger partial charge >= 0.3 is 5.97 Å². The number of aliphatic imine (C=N–C) groups is 1. The van der Waals surface area contributed by atoms with Crippen molar-refractivity contribution in [2.75, 3.05) is 32.7 Å². The number of carbonyl (C=O) groups excluding carboxylic acids is 1. The van der Waals surface area contributed by atoms with Gasteiger partial charge in [-0.15, -0.1) is 0 Å². The van der Waals surface area contributed by atoms with Crippen LogP contribution in [0.5, 0.6) is 5.88 Å². The third-order valence-corrected chi connectivity index (χ3v) is 7.38. The molecule has 9 heteroatoms. The zero-order chi connectivity index (χ0) is 26.9. The van der Waals surface area contributed by atoms with E-state index in [9.17, 15) is 19.8 Å². The Labute approximate surface area is 225 Å². The predicted octanol–water partition coefficient (Wildman–Crippen LogP) is 3.49. The Bertz CT molecular complexity index is 1590. The van der Waals surface area contributed by atoms with Crippen LogP contribution in [0.1, 0.15) is 32.6 Å². The molecule has 0 unspecified atom stereocenters. The van der Waals surface area contributed by atoms with E-state index < -0.39 is 5.97 Å². The lowest BCUT2D eigenvalue weighted by Gasteiger charge is -2.28. The van der Waals surface area contributed by atoms with E-state index in [2.05, 4.69) is 15.2 Å². The summed E-state index contributed by atoms with van der Waals surface area (Å²) in [4.78, 5) is 36.4. The maximum absolute atomic E-state index is 13.0. The third-order valence-electron chi connectivity index (χ3n) is 7.38. The van der Waals surface area contributed by atoms with Crippen molar-refractivity contribution >= 4 is 34.2 Å². The standard InChI is InChI=1S/C30H29N5O4/c36-26(18-34-12-10-31-11-13-34)35-16-21-6-8-23(14-22(21)17-35)32-28(19-4-2-1-3-5-19)27-24-9-7-20(30(38)39)15-25(24)33-29(27)37/h1-9,14-15,31,33,37H,10-13,16-18H2,(H,38,39). The van der Waals surface area contributed by atoms with E-state index in [1.54, 1.807) is 6.07 Å². The minimum absolute atomic E-state index is 0.0824. The number of aromatic hydroxyl groups is 1. The highest BCUT2D eigenvalue weighted by Gasteiger charge is 2.26. The molecule has 0 bridgehead atoms. The Balaban J connectivity index is 1.33. The molecule has 4 N–H and O–H groups in total. The number of benzene rings is 3. The Hall–Kier alpha value is -4.47. The molecule has 0 spiro atoms. The number of aromatic amines is 1.